The van der Waals surface area contributed by atoms with Crippen LogP contribution >= 0.6 is 0 Å². The number of allylic oxidation sites excluding steroid dienone is 18. The van der Waals surface area contributed by atoms with E-state index in [2.05, 4.69) is 130 Å². The normalized spacial score (nSPS) is 12.8. The van der Waals surface area contributed by atoms with Gasteiger partial charge in [0.05, 0.1) is 0 Å². The zero-order valence-electron chi connectivity index (χ0n) is 54.7. The highest BCUT2D eigenvalue weighted by Gasteiger charge is 2.19. The molecule has 0 saturated carbocycles. The molecule has 0 fully saturated rings. The first-order chi connectivity index (χ1) is 41.0. The van der Waals surface area contributed by atoms with Gasteiger partial charge in [-0.1, -0.05) is 329 Å². The summed E-state index contributed by atoms with van der Waals surface area (Å²) in [5, 5.41) is 0. The summed E-state index contributed by atoms with van der Waals surface area (Å²) in [6.45, 7) is 6.45. The third-order valence-corrected chi connectivity index (χ3v) is 15.3. The molecule has 83 heavy (non-hydrogen) atoms. The summed E-state index contributed by atoms with van der Waals surface area (Å²) < 4.78 is 17.0. The van der Waals surface area contributed by atoms with Crippen LogP contribution in [0.3, 0.4) is 0 Å². The Morgan fingerprint density at radius 2 is 0.470 bits per heavy atom. The first kappa shape index (κ1) is 79.1. The van der Waals surface area contributed by atoms with Gasteiger partial charge in [-0.15, -0.1) is 0 Å². The van der Waals surface area contributed by atoms with E-state index in [-0.39, 0.29) is 31.1 Å². The number of rotatable bonds is 64. The van der Waals surface area contributed by atoms with Crippen molar-refractivity contribution in [1.29, 1.82) is 0 Å². The molecule has 0 radical (unpaired) electrons. The van der Waals surface area contributed by atoms with E-state index in [1.165, 1.54) is 186 Å². The quantitative estimate of drug-likeness (QED) is 0.0261. The first-order valence-corrected chi connectivity index (χ1v) is 35.4. The monoisotopic (exact) mass is 1150 g/mol. The van der Waals surface area contributed by atoms with E-state index in [1.54, 1.807) is 0 Å². The van der Waals surface area contributed by atoms with Crippen molar-refractivity contribution in [3.05, 3.63) is 109 Å². The number of carbonyl (C=O) groups excluding carboxylic acids is 3. The molecule has 6 heteroatoms. The minimum Gasteiger partial charge on any atom is -0.462 e. The minimum atomic E-state index is -0.781. The Morgan fingerprint density at radius 1 is 0.253 bits per heavy atom. The average molecular weight is 1150 g/mol. The van der Waals surface area contributed by atoms with Crippen LogP contribution < -0.4 is 0 Å². The van der Waals surface area contributed by atoms with Gasteiger partial charge in [-0.25, -0.2) is 0 Å². The van der Waals surface area contributed by atoms with Gasteiger partial charge in [0, 0.05) is 19.3 Å². The Labute approximate surface area is 514 Å². The summed E-state index contributed by atoms with van der Waals surface area (Å²) >= 11 is 0. The van der Waals surface area contributed by atoms with Gasteiger partial charge in [0.25, 0.3) is 0 Å². The van der Waals surface area contributed by atoms with Crippen molar-refractivity contribution in [3.8, 4) is 0 Å². The van der Waals surface area contributed by atoms with Gasteiger partial charge in [0.2, 0.25) is 0 Å². The van der Waals surface area contributed by atoms with Crippen LogP contribution in [0.25, 0.3) is 0 Å². The van der Waals surface area contributed by atoms with Gasteiger partial charge in [0.1, 0.15) is 13.2 Å². The van der Waals surface area contributed by atoms with E-state index < -0.39 is 6.10 Å². The molecule has 1 unspecified atom stereocenters. The van der Waals surface area contributed by atoms with E-state index in [4.69, 9.17) is 14.2 Å². The molecule has 0 N–H and O–H groups in total. The molecule has 0 aliphatic heterocycles. The summed E-state index contributed by atoms with van der Waals surface area (Å²) in [5.74, 6) is -0.866. The molecule has 0 rings (SSSR count). The van der Waals surface area contributed by atoms with Crippen LogP contribution in [0.1, 0.15) is 342 Å². The number of hydrogen-bond acceptors (Lipinski definition) is 6. The second-order valence-electron chi connectivity index (χ2n) is 23.4. The largest absolute Gasteiger partial charge is 0.462 e. The number of esters is 3. The molecule has 0 aliphatic rings. The molecule has 476 valence electrons. The SMILES string of the molecule is CC/C=C\C/C=C\C/C=C\C/C=C\C/C=C\CCCCCCCCCCCCCCCC(=O)OCC(COC(=O)CCCCCCCCCCCCCCC)OC(=O)CCCCCCCCCCCC/C=C\C/C=C\C/C=C\C/C=C\CC. The van der Waals surface area contributed by atoms with E-state index in [0.717, 1.165) is 116 Å². The van der Waals surface area contributed by atoms with Crippen molar-refractivity contribution in [3.63, 3.8) is 0 Å². The predicted molar refractivity (Wildman–Crippen MR) is 362 cm³/mol. The lowest BCUT2D eigenvalue weighted by atomic mass is 10.0. The Bertz CT molecular complexity index is 1660. The van der Waals surface area contributed by atoms with Gasteiger partial charge in [0.15, 0.2) is 6.10 Å². The van der Waals surface area contributed by atoms with Crippen LogP contribution in [0.2, 0.25) is 0 Å². The predicted octanol–water partition coefficient (Wildman–Crippen LogP) is 24.6. The highest BCUT2D eigenvalue weighted by molar-refractivity contribution is 5.71. The summed E-state index contributed by atoms with van der Waals surface area (Å²) in [6.07, 6.45) is 96.8. The number of ether oxygens (including phenoxy) is 3. The molecule has 0 aromatic rings. The number of carbonyl (C=O) groups is 3. The molecule has 0 spiro atoms. The number of hydrogen-bond donors (Lipinski definition) is 0. The van der Waals surface area contributed by atoms with Gasteiger partial charge in [-0.3, -0.25) is 14.4 Å². The van der Waals surface area contributed by atoms with Gasteiger partial charge >= 0.3 is 17.9 Å². The third kappa shape index (κ3) is 68.7. The number of unbranched alkanes of at least 4 members (excludes halogenated alkanes) is 35. The smallest absolute Gasteiger partial charge is 0.306 e. The van der Waals surface area contributed by atoms with E-state index in [1.807, 2.05) is 0 Å². The molecule has 0 bridgehead atoms. The fraction of sp³-hybridized carbons (Fsp3) is 0.727. The Kier molecular flexibility index (Phi) is 67.2. The van der Waals surface area contributed by atoms with E-state index in [0.29, 0.717) is 19.3 Å². The summed E-state index contributed by atoms with van der Waals surface area (Å²) in [6, 6.07) is 0. The zero-order valence-corrected chi connectivity index (χ0v) is 54.7. The molecule has 0 heterocycles. The van der Waals surface area contributed by atoms with Crippen molar-refractivity contribution in [2.24, 2.45) is 0 Å². The highest BCUT2D eigenvalue weighted by Crippen LogP contribution is 2.17. The molecule has 0 aromatic heterocycles. The topological polar surface area (TPSA) is 78.9 Å². The third-order valence-electron chi connectivity index (χ3n) is 15.3. The van der Waals surface area contributed by atoms with Crippen molar-refractivity contribution in [2.45, 2.75) is 348 Å². The van der Waals surface area contributed by atoms with Gasteiger partial charge < -0.3 is 14.2 Å². The zero-order chi connectivity index (χ0) is 59.9. The fourth-order valence-corrected chi connectivity index (χ4v) is 10.1. The van der Waals surface area contributed by atoms with Crippen LogP contribution in [0.15, 0.2) is 109 Å². The van der Waals surface area contributed by atoms with Crippen LogP contribution in [0, 0.1) is 0 Å². The first-order valence-electron chi connectivity index (χ1n) is 35.4. The van der Waals surface area contributed by atoms with Crippen LogP contribution in [-0.2, 0) is 28.6 Å². The Balaban J connectivity index is 4.27. The molecule has 0 saturated heterocycles. The van der Waals surface area contributed by atoms with Crippen molar-refractivity contribution in [2.75, 3.05) is 13.2 Å². The van der Waals surface area contributed by atoms with Crippen molar-refractivity contribution < 1.29 is 28.6 Å². The summed E-state index contributed by atoms with van der Waals surface area (Å²) in [7, 11) is 0. The lowest BCUT2D eigenvalue weighted by Crippen LogP contribution is -2.30. The minimum absolute atomic E-state index is 0.0762. The average Bonchev–Trinajstić information content (AvgIpc) is 3.49. The van der Waals surface area contributed by atoms with Crippen LogP contribution in [0.4, 0.5) is 0 Å². The second-order valence-corrected chi connectivity index (χ2v) is 23.4. The van der Waals surface area contributed by atoms with Gasteiger partial charge in [-0.05, 0) is 103 Å². The second kappa shape index (κ2) is 70.6. The molecule has 0 aliphatic carbocycles. The standard InChI is InChI=1S/C77H132O6/c1-4-7-10-13-16-19-22-25-27-29-31-33-35-36-37-38-39-40-42-43-45-47-49-52-55-58-61-64-67-70-76(79)82-73-74(72-81-75(78)69-66-63-60-57-54-51-24-21-18-15-12-9-6-3)83-77(80)71-68-65-62-59-56-53-50-48-46-44-41-34-32-30-28-26-23-20-17-14-11-8-5-2/h7-8,10-11,16-17,19-20,25-28,31-34,36-37,74H,4-6,9,12-15,18,21-24,29-30,35,38-73H2,1-3H3/b10-7-,11-8-,19-16-,20-17-,27-25-,28-26-,33-31-,34-32-,37-36-. The molecular formula is C77H132O6. The maximum absolute atomic E-state index is 13.0. The maximum atomic E-state index is 13.0. The molecular weight excluding hydrogens is 1020 g/mol. The van der Waals surface area contributed by atoms with Crippen molar-refractivity contribution >= 4 is 17.9 Å². The molecule has 6 nitrogen and oxygen atoms in total. The van der Waals surface area contributed by atoms with Gasteiger partial charge in [-0.2, -0.15) is 0 Å². The highest BCUT2D eigenvalue weighted by atomic mass is 16.6. The molecule has 0 amide bonds. The summed E-state index contributed by atoms with van der Waals surface area (Å²) in [4.78, 5) is 38.4. The Hall–Kier alpha value is -3.93. The maximum Gasteiger partial charge on any atom is 0.306 e. The fourth-order valence-electron chi connectivity index (χ4n) is 10.1. The lowest BCUT2D eigenvalue weighted by Gasteiger charge is -2.18. The lowest BCUT2D eigenvalue weighted by molar-refractivity contribution is -0.167. The van der Waals surface area contributed by atoms with E-state index >= 15 is 0 Å². The van der Waals surface area contributed by atoms with Crippen molar-refractivity contribution in [1.82, 2.24) is 0 Å². The molecule has 0 aromatic carbocycles. The van der Waals surface area contributed by atoms with Crippen LogP contribution in [0.5, 0.6) is 0 Å². The Morgan fingerprint density at radius 3 is 0.735 bits per heavy atom. The summed E-state index contributed by atoms with van der Waals surface area (Å²) in [5.41, 5.74) is 0. The van der Waals surface area contributed by atoms with Crippen LogP contribution in [-0.4, -0.2) is 37.2 Å². The van der Waals surface area contributed by atoms with E-state index in [9.17, 15) is 14.4 Å². The molecule has 1 atom stereocenters.